The lowest BCUT2D eigenvalue weighted by molar-refractivity contribution is 0.155. The summed E-state index contributed by atoms with van der Waals surface area (Å²) in [5, 5.41) is 3.52. The normalized spacial score (nSPS) is 22.2. The molecule has 0 aromatic heterocycles. The highest BCUT2D eigenvalue weighted by molar-refractivity contribution is 7.99. The fourth-order valence-electron chi connectivity index (χ4n) is 1.48. The maximum Gasteiger partial charge on any atom is 0.0672 e. The van der Waals surface area contributed by atoms with Gasteiger partial charge in [0.15, 0.2) is 0 Å². The molecule has 0 bridgehead atoms. The Morgan fingerprint density at radius 3 is 3.14 bits per heavy atom. The summed E-state index contributed by atoms with van der Waals surface area (Å²) in [5.74, 6) is 2.60. The molecule has 1 aliphatic heterocycles. The first-order valence-electron chi connectivity index (χ1n) is 5.32. The molecule has 14 heavy (non-hydrogen) atoms. The Morgan fingerprint density at radius 1 is 1.64 bits per heavy atom. The summed E-state index contributed by atoms with van der Waals surface area (Å²) >= 11 is 2.05. The van der Waals surface area contributed by atoms with Gasteiger partial charge in [0.25, 0.3) is 0 Å². The summed E-state index contributed by atoms with van der Waals surface area (Å²) < 4.78 is 5.42. The molecule has 0 aliphatic carbocycles. The average molecular weight is 215 g/mol. The molecule has 1 fully saturated rings. The molecular weight excluding hydrogens is 194 g/mol. The van der Waals surface area contributed by atoms with Gasteiger partial charge in [0, 0.05) is 18.3 Å². The Kier molecular flexibility index (Phi) is 6.32. The second-order valence-corrected chi connectivity index (χ2v) is 5.03. The lowest BCUT2D eigenvalue weighted by Gasteiger charge is -2.22. The minimum absolute atomic E-state index is 0.696. The highest BCUT2D eigenvalue weighted by atomic mass is 32.2. The van der Waals surface area contributed by atoms with Gasteiger partial charge in [0.2, 0.25) is 0 Å². The van der Waals surface area contributed by atoms with Crippen LogP contribution in [0.3, 0.4) is 0 Å². The van der Waals surface area contributed by atoms with E-state index in [0.29, 0.717) is 12.6 Å². The van der Waals surface area contributed by atoms with Crippen molar-refractivity contribution in [2.45, 2.75) is 25.8 Å². The predicted octanol–water partition coefficient (Wildman–Crippen LogP) is 2.06. The summed E-state index contributed by atoms with van der Waals surface area (Å²) in [6, 6.07) is 0.710. The van der Waals surface area contributed by atoms with Gasteiger partial charge < -0.3 is 10.1 Å². The van der Waals surface area contributed by atoms with Crippen molar-refractivity contribution in [2.24, 2.45) is 0 Å². The zero-order chi connectivity index (χ0) is 10.2. The number of ether oxygens (including phenoxy) is 1. The van der Waals surface area contributed by atoms with Crippen molar-refractivity contribution in [3.63, 3.8) is 0 Å². The first-order chi connectivity index (χ1) is 6.79. The van der Waals surface area contributed by atoms with Crippen LogP contribution in [-0.4, -0.2) is 37.3 Å². The SMILES string of the molecule is C=C(C)COCCNC1CCCSC1. The van der Waals surface area contributed by atoms with E-state index in [9.17, 15) is 0 Å². The van der Waals surface area contributed by atoms with Gasteiger partial charge in [0.05, 0.1) is 13.2 Å². The first-order valence-corrected chi connectivity index (χ1v) is 6.48. The Hall–Kier alpha value is 0.0100. The Balaban J connectivity index is 1.90. The molecule has 0 spiro atoms. The molecule has 1 saturated heterocycles. The number of nitrogens with one attached hydrogen (secondary N) is 1. The number of hydrogen-bond acceptors (Lipinski definition) is 3. The fourth-order valence-corrected chi connectivity index (χ4v) is 2.59. The molecule has 1 rings (SSSR count). The predicted molar refractivity (Wildman–Crippen MR) is 64.0 cm³/mol. The molecule has 3 heteroatoms. The van der Waals surface area contributed by atoms with Gasteiger partial charge in [-0.2, -0.15) is 11.8 Å². The van der Waals surface area contributed by atoms with Gasteiger partial charge in [-0.15, -0.1) is 0 Å². The lowest BCUT2D eigenvalue weighted by Crippen LogP contribution is -2.35. The Morgan fingerprint density at radius 2 is 2.50 bits per heavy atom. The fraction of sp³-hybridized carbons (Fsp3) is 0.818. The summed E-state index contributed by atoms with van der Waals surface area (Å²) in [6.07, 6.45) is 2.68. The zero-order valence-corrected chi connectivity index (χ0v) is 9.87. The summed E-state index contributed by atoms with van der Waals surface area (Å²) in [7, 11) is 0. The molecule has 0 saturated carbocycles. The quantitative estimate of drug-likeness (QED) is 0.541. The van der Waals surface area contributed by atoms with E-state index < -0.39 is 0 Å². The van der Waals surface area contributed by atoms with Crippen molar-refractivity contribution >= 4 is 11.8 Å². The summed E-state index contributed by atoms with van der Waals surface area (Å²) in [5.41, 5.74) is 1.10. The van der Waals surface area contributed by atoms with Crippen LogP contribution >= 0.6 is 11.8 Å². The first kappa shape index (κ1) is 12.1. The van der Waals surface area contributed by atoms with Crippen LogP contribution in [-0.2, 0) is 4.74 Å². The maximum absolute atomic E-state index is 5.42. The van der Waals surface area contributed by atoms with Crippen molar-refractivity contribution in [3.05, 3.63) is 12.2 Å². The van der Waals surface area contributed by atoms with Crippen LogP contribution in [0.15, 0.2) is 12.2 Å². The lowest BCUT2D eigenvalue weighted by atomic mass is 10.2. The van der Waals surface area contributed by atoms with Gasteiger partial charge in [0.1, 0.15) is 0 Å². The topological polar surface area (TPSA) is 21.3 Å². The maximum atomic E-state index is 5.42. The van der Waals surface area contributed by atoms with E-state index in [2.05, 4.69) is 23.7 Å². The van der Waals surface area contributed by atoms with E-state index >= 15 is 0 Å². The zero-order valence-electron chi connectivity index (χ0n) is 9.05. The van der Waals surface area contributed by atoms with Gasteiger partial charge in [-0.3, -0.25) is 0 Å². The third-order valence-corrected chi connectivity index (χ3v) is 3.40. The second-order valence-electron chi connectivity index (χ2n) is 3.88. The summed E-state index contributed by atoms with van der Waals surface area (Å²) in [6.45, 7) is 8.25. The van der Waals surface area contributed by atoms with Crippen LogP contribution in [0, 0.1) is 0 Å². The Bertz CT molecular complexity index is 167. The van der Waals surface area contributed by atoms with Crippen molar-refractivity contribution in [1.82, 2.24) is 5.32 Å². The van der Waals surface area contributed by atoms with Crippen LogP contribution in [0.5, 0.6) is 0 Å². The molecule has 2 nitrogen and oxygen atoms in total. The van der Waals surface area contributed by atoms with Gasteiger partial charge in [-0.05, 0) is 25.5 Å². The number of thioether (sulfide) groups is 1. The van der Waals surface area contributed by atoms with E-state index in [-0.39, 0.29) is 0 Å². The Labute approximate surface area is 91.5 Å². The van der Waals surface area contributed by atoms with Crippen LogP contribution in [0.25, 0.3) is 0 Å². The van der Waals surface area contributed by atoms with Gasteiger partial charge in [-0.25, -0.2) is 0 Å². The largest absolute Gasteiger partial charge is 0.376 e. The minimum atomic E-state index is 0.696. The van der Waals surface area contributed by atoms with Crippen molar-refractivity contribution in [3.8, 4) is 0 Å². The minimum Gasteiger partial charge on any atom is -0.376 e. The molecule has 82 valence electrons. The number of rotatable bonds is 6. The molecule has 1 N–H and O–H groups in total. The van der Waals surface area contributed by atoms with Crippen LogP contribution in [0.2, 0.25) is 0 Å². The van der Waals surface area contributed by atoms with Gasteiger partial charge >= 0.3 is 0 Å². The van der Waals surface area contributed by atoms with Crippen molar-refractivity contribution in [2.75, 3.05) is 31.3 Å². The highest BCUT2D eigenvalue weighted by Gasteiger charge is 2.11. The molecule has 1 unspecified atom stereocenters. The molecule has 1 atom stereocenters. The summed E-state index contributed by atoms with van der Waals surface area (Å²) in [4.78, 5) is 0. The third kappa shape index (κ3) is 5.68. The average Bonchev–Trinajstić information content (AvgIpc) is 2.18. The molecule has 1 heterocycles. The van der Waals surface area contributed by atoms with E-state index in [4.69, 9.17) is 4.74 Å². The van der Waals surface area contributed by atoms with Crippen molar-refractivity contribution < 1.29 is 4.74 Å². The molecule has 0 amide bonds. The van der Waals surface area contributed by atoms with Gasteiger partial charge in [-0.1, -0.05) is 12.2 Å². The van der Waals surface area contributed by atoms with Crippen LogP contribution in [0.1, 0.15) is 19.8 Å². The van der Waals surface area contributed by atoms with Crippen molar-refractivity contribution in [1.29, 1.82) is 0 Å². The molecular formula is C11H21NOS. The standard InChI is InChI=1S/C11H21NOS/c1-10(2)8-13-6-5-12-11-4-3-7-14-9-11/h11-12H,1,3-9H2,2H3. The van der Waals surface area contributed by atoms with E-state index in [0.717, 1.165) is 18.7 Å². The smallest absolute Gasteiger partial charge is 0.0672 e. The number of hydrogen-bond donors (Lipinski definition) is 1. The van der Waals surface area contributed by atoms with E-state index in [1.807, 2.05) is 6.92 Å². The molecule has 0 aromatic rings. The third-order valence-electron chi connectivity index (χ3n) is 2.19. The molecule has 1 aliphatic rings. The van der Waals surface area contributed by atoms with E-state index in [1.165, 1.54) is 24.3 Å². The highest BCUT2D eigenvalue weighted by Crippen LogP contribution is 2.16. The van der Waals surface area contributed by atoms with Crippen LogP contribution < -0.4 is 5.32 Å². The molecule has 0 radical (unpaired) electrons. The van der Waals surface area contributed by atoms with Crippen LogP contribution in [0.4, 0.5) is 0 Å². The van der Waals surface area contributed by atoms with E-state index in [1.54, 1.807) is 0 Å². The monoisotopic (exact) mass is 215 g/mol. The second kappa shape index (κ2) is 7.32. The molecule has 0 aromatic carbocycles.